The predicted molar refractivity (Wildman–Crippen MR) is 141 cm³/mol. The number of carbonyl (C=O) groups excluding carboxylic acids is 2. The van der Waals surface area contributed by atoms with Crippen molar-refractivity contribution < 1.29 is 19.4 Å². The lowest BCUT2D eigenvalue weighted by atomic mass is 9.92. The second-order valence-electron chi connectivity index (χ2n) is 9.37. The molecule has 0 spiro atoms. The van der Waals surface area contributed by atoms with Crippen molar-refractivity contribution >= 4 is 34.2 Å². The number of aryl methyl sites for hydroxylation is 2. The molecule has 0 radical (unpaired) electrons. The predicted octanol–water partition coefficient (Wildman–Crippen LogP) is 3.95. The summed E-state index contributed by atoms with van der Waals surface area (Å²) in [5.74, 6) is 0.738. The van der Waals surface area contributed by atoms with Gasteiger partial charge in [-0.2, -0.15) is 0 Å². The maximum Gasteiger partial charge on any atom is 0.279 e. The number of nitrogens with zero attached hydrogens (tertiary/aromatic N) is 2. The SMILES string of the molecule is CCCSC(=O)NCc1c2c(nc3cc(C)c(C)cc13)-c1cc(C(C)(O)C=O)c(COC)c(=O)n1C2. The summed E-state index contributed by atoms with van der Waals surface area (Å²) in [5.41, 5.74) is 4.07. The Labute approximate surface area is 214 Å². The molecule has 190 valence electrons. The number of aldehydes is 1. The Morgan fingerprint density at radius 2 is 2.00 bits per heavy atom. The van der Waals surface area contributed by atoms with E-state index in [1.807, 2.05) is 26.8 Å². The van der Waals surface area contributed by atoms with Crippen LogP contribution in [0.4, 0.5) is 4.79 Å². The monoisotopic (exact) mass is 509 g/mol. The van der Waals surface area contributed by atoms with E-state index >= 15 is 0 Å². The first-order valence-corrected chi connectivity index (χ1v) is 12.9. The molecule has 3 heterocycles. The topological polar surface area (TPSA) is 111 Å². The standard InChI is InChI=1S/C27H31N3O5S/c1-6-7-36-26(33)28-11-18-17-8-15(2)16(3)9-22(17)29-24-19(18)12-30-23(24)10-21(27(4,34)14-31)20(13-35-5)25(30)32/h8-10,14,34H,6-7,11-13H2,1-5H3,(H,28,33). The quantitative estimate of drug-likeness (QED) is 0.346. The van der Waals surface area contributed by atoms with Gasteiger partial charge in [0.15, 0.2) is 6.29 Å². The molecule has 1 aliphatic rings. The van der Waals surface area contributed by atoms with Crippen LogP contribution in [0, 0.1) is 13.8 Å². The van der Waals surface area contributed by atoms with Crippen molar-refractivity contribution in [1.29, 1.82) is 0 Å². The maximum absolute atomic E-state index is 13.6. The van der Waals surface area contributed by atoms with E-state index in [2.05, 4.69) is 11.4 Å². The van der Waals surface area contributed by atoms with E-state index in [0.717, 1.165) is 45.3 Å². The summed E-state index contributed by atoms with van der Waals surface area (Å²) in [5, 5.41) is 14.6. The number of hydrogen-bond donors (Lipinski definition) is 2. The first-order valence-electron chi connectivity index (χ1n) is 11.9. The van der Waals surface area contributed by atoms with Gasteiger partial charge < -0.3 is 19.7 Å². The minimum Gasteiger partial charge on any atom is -0.380 e. The molecule has 0 aliphatic carbocycles. The highest BCUT2D eigenvalue weighted by Crippen LogP contribution is 2.38. The number of benzene rings is 1. The summed E-state index contributed by atoms with van der Waals surface area (Å²) in [4.78, 5) is 42.6. The Morgan fingerprint density at radius 3 is 2.67 bits per heavy atom. The Balaban J connectivity index is 1.94. The second kappa shape index (κ2) is 10.2. The summed E-state index contributed by atoms with van der Waals surface area (Å²) in [6.45, 7) is 7.96. The fourth-order valence-corrected chi connectivity index (χ4v) is 5.18. The van der Waals surface area contributed by atoms with Gasteiger partial charge in [0.2, 0.25) is 0 Å². The summed E-state index contributed by atoms with van der Waals surface area (Å²) in [6, 6.07) is 5.74. The maximum atomic E-state index is 13.6. The average Bonchev–Trinajstić information content (AvgIpc) is 3.21. The van der Waals surface area contributed by atoms with Crippen molar-refractivity contribution in [2.75, 3.05) is 12.9 Å². The molecule has 1 unspecified atom stereocenters. The van der Waals surface area contributed by atoms with Gasteiger partial charge in [-0.3, -0.25) is 14.4 Å². The Morgan fingerprint density at radius 1 is 1.28 bits per heavy atom. The highest BCUT2D eigenvalue weighted by atomic mass is 32.2. The van der Waals surface area contributed by atoms with Crippen LogP contribution in [0.1, 0.15) is 53.6 Å². The third-order valence-electron chi connectivity index (χ3n) is 6.69. The largest absolute Gasteiger partial charge is 0.380 e. The Hall–Kier alpha value is -3.01. The number of aromatic nitrogens is 2. The number of aliphatic hydroxyl groups is 1. The van der Waals surface area contributed by atoms with Crippen LogP contribution in [0.3, 0.4) is 0 Å². The van der Waals surface area contributed by atoms with E-state index in [9.17, 15) is 19.5 Å². The van der Waals surface area contributed by atoms with Crippen LogP contribution >= 0.6 is 11.8 Å². The van der Waals surface area contributed by atoms with Crippen molar-refractivity contribution in [3.63, 3.8) is 0 Å². The van der Waals surface area contributed by atoms with E-state index in [-0.39, 0.29) is 35.1 Å². The minimum absolute atomic E-state index is 0.0415. The summed E-state index contributed by atoms with van der Waals surface area (Å²) >= 11 is 1.25. The molecule has 3 aromatic rings. The fraction of sp³-hybridized carbons (Fsp3) is 0.407. The Bertz CT molecular complexity index is 1430. The fourth-order valence-electron chi connectivity index (χ4n) is 4.62. The van der Waals surface area contributed by atoms with E-state index in [1.54, 1.807) is 10.6 Å². The van der Waals surface area contributed by atoms with Gasteiger partial charge >= 0.3 is 0 Å². The molecular weight excluding hydrogens is 478 g/mol. The number of rotatable bonds is 8. The molecule has 9 heteroatoms. The number of hydrogen-bond acceptors (Lipinski definition) is 7. The van der Waals surface area contributed by atoms with Gasteiger partial charge in [-0.25, -0.2) is 4.98 Å². The summed E-state index contributed by atoms with van der Waals surface area (Å²) < 4.78 is 6.83. The molecule has 2 N–H and O–H groups in total. The number of methoxy groups -OCH3 is 1. The lowest BCUT2D eigenvalue weighted by molar-refractivity contribution is -0.123. The number of fused-ring (bicyclic) bond motifs is 4. The van der Waals surface area contributed by atoms with Crippen molar-refractivity contribution in [2.24, 2.45) is 0 Å². The molecule has 4 rings (SSSR count). The number of nitrogens with one attached hydrogen (secondary N) is 1. The smallest absolute Gasteiger partial charge is 0.279 e. The van der Waals surface area contributed by atoms with Crippen LogP contribution in [0.2, 0.25) is 0 Å². The minimum atomic E-state index is -1.86. The van der Waals surface area contributed by atoms with Gasteiger partial charge in [0.25, 0.3) is 10.8 Å². The summed E-state index contributed by atoms with van der Waals surface area (Å²) in [6.07, 6.45) is 1.32. The van der Waals surface area contributed by atoms with Crippen molar-refractivity contribution in [1.82, 2.24) is 14.9 Å². The third kappa shape index (κ3) is 4.58. The third-order valence-corrected chi connectivity index (χ3v) is 7.71. The van der Waals surface area contributed by atoms with Gasteiger partial charge in [-0.15, -0.1) is 0 Å². The second-order valence-corrected chi connectivity index (χ2v) is 10.4. The first-order chi connectivity index (χ1) is 17.1. The van der Waals surface area contributed by atoms with Gasteiger partial charge in [0, 0.05) is 41.5 Å². The molecule has 36 heavy (non-hydrogen) atoms. The zero-order chi connectivity index (χ0) is 26.2. The van der Waals surface area contributed by atoms with E-state index < -0.39 is 5.60 Å². The van der Waals surface area contributed by atoms with Crippen molar-refractivity contribution in [2.45, 2.75) is 59.4 Å². The van der Waals surface area contributed by atoms with Crippen LogP contribution < -0.4 is 10.9 Å². The average molecular weight is 510 g/mol. The normalized spacial score (nSPS) is 13.8. The van der Waals surface area contributed by atoms with E-state index in [0.29, 0.717) is 24.2 Å². The van der Waals surface area contributed by atoms with Crippen LogP contribution in [0.25, 0.3) is 22.3 Å². The van der Waals surface area contributed by atoms with E-state index in [1.165, 1.54) is 25.8 Å². The van der Waals surface area contributed by atoms with Gasteiger partial charge in [-0.05, 0) is 62.1 Å². The zero-order valence-corrected chi connectivity index (χ0v) is 22.0. The number of amides is 1. The van der Waals surface area contributed by atoms with Crippen LogP contribution in [-0.4, -0.2) is 39.0 Å². The summed E-state index contributed by atoms with van der Waals surface area (Å²) in [7, 11) is 1.46. The van der Waals surface area contributed by atoms with Crippen molar-refractivity contribution in [3.8, 4) is 11.4 Å². The first kappa shape index (κ1) is 26.1. The van der Waals surface area contributed by atoms with Crippen LogP contribution in [0.5, 0.6) is 0 Å². The van der Waals surface area contributed by atoms with Gasteiger partial charge in [0.1, 0.15) is 5.60 Å². The highest BCUT2D eigenvalue weighted by Gasteiger charge is 2.33. The molecule has 2 aromatic heterocycles. The Kier molecular flexibility index (Phi) is 7.36. The highest BCUT2D eigenvalue weighted by molar-refractivity contribution is 8.13. The molecule has 1 aromatic carbocycles. The van der Waals surface area contributed by atoms with Gasteiger partial charge in [0.05, 0.1) is 30.1 Å². The molecule has 0 saturated carbocycles. The molecule has 1 amide bonds. The molecule has 0 fully saturated rings. The lowest BCUT2D eigenvalue weighted by Gasteiger charge is -2.21. The molecule has 0 saturated heterocycles. The van der Waals surface area contributed by atoms with Gasteiger partial charge in [-0.1, -0.05) is 18.7 Å². The number of pyridine rings is 2. The zero-order valence-electron chi connectivity index (χ0n) is 21.2. The van der Waals surface area contributed by atoms with Crippen LogP contribution in [0.15, 0.2) is 23.0 Å². The number of thioether (sulfide) groups is 1. The molecule has 0 bridgehead atoms. The molecular formula is C27H31N3O5S. The van der Waals surface area contributed by atoms with Crippen molar-refractivity contribution in [3.05, 3.63) is 61.9 Å². The molecule has 1 aliphatic heterocycles. The lowest BCUT2D eigenvalue weighted by Crippen LogP contribution is -2.32. The van der Waals surface area contributed by atoms with Crippen LogP contribution in [-0.2, 0) is 34.8 Å². The molecule has 1 atom stereocenters. The van der Waals surface area contributed by atoms with E-state index in [4.69, 9.17) is 9.72 Å². The number of ether oxygens (including phenoxy) is 1. The number of carbonyl (C=O) groups is 2. The molecule has 8 nitrogen and oxygen atoms in total.